The second-order valence-electron chi connectivity index (χ2n) is 5.05. The summed E-state index contributed by atoms with van der Waals surface area (Å²) in [4.78, 5) is 0. The van der Waals surface area contributed by atoms with Crippen molar-refractivity contribution in [1.29, 1.82) is 0 Å². The maximum absolute atomic E-state index is 5.62. The monoisotopic (exact) mass is 252 g/mol. The third kappa shape index (κ3) is 4.44. The van der Waals surface area contributed by atoms with Crippen molar-refractivity contribution in [2.45, 2.75) is 57.1 Å². The minimum absolute atomic E-state index is 0.372. The van der Waals surface area contributed by atoms with E-state index in [1.54, 1.807) is 6.26 Å². The molecule has 0 radical (unpaired) electrons. The molecule has 1 aromatic heterocycles. The van der Waals surface area contributed by atoms with E-state index >= 15 is 0 Å². The van der Waals surface area contributed by atoms with Gasteiger partial charge in [-0.3, -0.25) is 11.3 Å². The fraction of sp³-hybridized carbons (Fsp3) is 0.714. The standard InChI is InChI=1S/C14H24N2O2/c15-16-12(8-9-14-7-3-11-18-14)4-1-5-13-6-2-10-17-13/h3,7,11-13,16H,1-2,4-6,8-10,15H2. The van der Waals surface area contributed by atoms with Crippen molar-refractivity contribution >= 4 is 0 Å². The molecule has 2 heterocycles. The Labute approximate surface area is 109 Å². The lowest BCUT2D eigenvalue weighted by atomic mass is 10.0. The van der Waals surface area contributed by atoms with Crippen LogP contribution in [0.15, 0.2) is 22.8 Å². The number of furan rings is 1. The minimum Gasteiger partial charge on any atom is -0.469 e. The van der Waals surface area contributed by atoms with Gasteiger partial charge in [-0.2, -0.15) is 0 Å². The van der Waals surface area contributed by atoms with Crippen molar-refractivity contribution < 1.29 is 9.15 Å². The quantitative estimate of drug-likeness (QED) is 0.551. The summed E-state index contributed by atoms with van der Waals surface area (Å²) >= 11 is 0. The molecule has 0 bridgehead atoms. The van der Waals surface area contributed by atoms with E-state index in [1.165, 1.54) is 25.7 Å². The number of hydrogen-bond donors (Lipinski definition) is 2. The number of nitrogens with one attached hydrogen (secondary N) is 1. The average Bonchev–Trinajstić information content (AvgIpc) is 3.06. The molecule has 102 valence electrons. The second kappa shape index (κ2) is 7.56. The normalized spacial score (nSPS) is 21.3. The Kier molecular flexibility index (Phi) is 5.71. The molecule has 1 aliphatic rings. The number of rotatable bonds is 8. The minimum atomic E-state index is 0.372. The van der Waals surface area contributed by atoms with Gasteiger partial charge in [-0.25, -0.2) is 0 Å². The van der Waals surface area contributed by atoms with E-state index in [-0.39, 0.29) is 0 Å². The Morgan fingerprint density at radius 2 is 2.39 bits per heavy atom. The van der Waals surface area contributed by atoms with Gasteiger partial charge < -0.3 is 9.15 Å². The van der Waals surface area contributed by atoms with Crippen molar-refractivity contribution in [3.05, 3.63) is 24.2 Å². The lowest BCUT2D eigenvalue weighted by Gasteiger charge is -2.16. The third-order valence-electron chi connectivity index (χ3n) is 3.66. The molecular formula is C14H24N2O2. The largest absolute Gasteiger partial charge is 0.469 e. The molecular weight excluding hydrogens is 228 g/mol. The average molecular weight is 252 g/mol. The zero-order valence-electron chi connectivity index (χ0n) is 10.9. The van der Waals surface area contributed by atoms with E-state index in [0.717, 1.165) is 31.6 Å². The molecule has 18 heavy (non-hydrogen) atoms. The molecule has 1 saturated heterocycles. The Hall–Kier alpha value is -0.840. The highest BCUT2D eigenvalue weighted by Gasteiger charge is 2.16. The molecule has 1 aromatic rings. The van der Waals surface area contributed by atoms with Crippen molar-refractivity contribution in [1.82, 2.24) is 5.43 Å². The molecule has 0 saturated carbocycles. The van der Waals surface area contributed by atoms with Crippen molar-refractivity contribution in [3.63, 3.8) is 0 Å². The molecule has 1 aliphatic heterocycles. The smallest absolute Gasteiger partial charge is 0.103 e. The molecule has 1 fully saturated rings. The van der Waals surface area contributed by atoms with Crippen LogP contribution < -0.4 is 11.3 Å². The highest BCUT2D eigenvalue weighted by atomic mass is 16.5. The zero-order chi connectivity index (χ0) is 12.6. The van der Waals surface area contributed by atoms with E-state index in [0.29, 0.717) is 12.1 Å². The van der Waals surface area contributed by atoms with Crippen LogP contribution in [0.4, 0.5) is 0 Å². The Balaban J connectivity index is 1.59. The van der Waals surface area contributed by atoms with Crippen LogP contribution >= 0.6 is 0 Å². The summed E-state index contributed by atoms with van der Waals surface area (Å²) < 4.78 is 10.9. The van der Waals surface area contributed by atoms with Crippen molar-refractivity contribution in [2.75, 3.05) is 6.61 Å². The van der Waals surface area contributed by atoms with Gasteiger partial charge in [-0.05, 0) is 50.7 Å². The fourth-order valence-electron chi connectivity index (χ4n) is 2.55. The molecule has 0 spiro atoms. The summed E-state index contributed by atoms with van der Waals surface area (Å²) in [6.07, 6.45) is 10.1. The van der Waals surface area contributed by atoms with Crippen LogP contribution in [-0.2, 0) is 11.2 Å². The maximum atomic E-state index is 5.62. The van der Waals surface area contributed by atoms with E-state index in [1.807, 2.05) is 12.1 Å². The van der Waals surface area contributed by atoms with Crippen LogP contribution in [0.2, 0.25) is 0 Å². The van der Waals surface area contributed by atoms with Crippen LogP contribution in [0.25, 0.3) is 0 Å². The highest BCUT2D eigenvalue weighted by molar-refractivity contribution is 4.98. The predicted octanol–water partition coefficient (Wildman–Crippen LogP) is 2.39. The molecule has 4 heteroatoms. The van der Waals surface area contributed by atoms with Crippen LogP contribution in [0.5, 0.6) is 0 Å². The van der Waals surface area contributed by atoms with Crippen LogP contribution in [0, 0.1) is 0 Å². The lowest BCUT2D eigenvalue weighted by molar-refractivity contribution is 0.101. The van der Waals surface area contributed by atoms with Crippen LogP contribution in [-0.4, -0.2) is 18.8 Å². The molecule has 2 unspecified atom stereocenters. The first-order chi connectivity index (χ1) is 8.88. The van der Waals surface area contributed by atoms with Gasteiger partial charge in [0.25, 0.3) is 0 Å². The van der Waals surface area contributed by atoms with Gasteiger partial charge in [-0.15, -0.1) is 0 Å². The van der Waals surface area contributed by atoms with Gasteiger partial charge in [0.2, 0.25) is 0 Å². The number of hydrazine groups is 1. The summed E-state index contributed by atoms with van der Waals surface area (Å²) in [5, 5.41) is 0. The first-order valence-electron chi connectivity index (χ1n) is 6.98. The zero-order valence-corrected chi connectivity index (χ0v) is 10.9. The van der Waals surface area contributed by atoms with Crippen LogP contribution in [0.3, 0.4) is 0 Å². The highest BCUT2D eigenvalue weighted by Crippen LogP contribution is 2.19. The first kappa shape index (κ1) is 13.6. The molecule has 0 aromatic carbocycles. The SMILES string of the molecule is NNC(CCCC1CCCO1)CCc1ccco1. The molecule has 4 nitrogen and oxygen atoms in total. The molecule has 2 rings (SSSR count). The van der Waals surface area contributed by atoms with Gasteiger partial charge in [-0.1, -0.05) is 0 Å². The van der Waals surface area contributed by atoms with Gasteiger partial charge >= 0.3 is 0 Å². The molecule has 0 amide bonds. The first-order valence-corrected chi connectivity index (χ1v) is 6.98. The number of aryl methyl sites for hydroxylation is 1. The Bertz CT molecular complexity index is 308. The summed E-state index contributed by atoms with van der Waals surface area (Å²) in [6.45, 7) is 0.946. The van der Waals surface area contributed by atoms with Gasteiger partial charge in [0.15, 0.2) is 0 Å². The number of hydrogen-bond acceptors (Lipinski definition) is 4. The third-order valence-corrected chi connectivity index (χ3v) is 3.66. The summed E-state index contributed by atoms with van der Waals surface area (Å²) in [5.41, 5.74) is 2.91. The van der Waals surface area contributed by atoms with E-state index < -0.39 is 0 Å². The van der Waals surface area contributed by atoms with E-state index in [2.05, 4.69) is 5.43 Å². The van der Waals surface area contributed by atoms with Gasteiger partial charge in [0, 0.05) is 19.1 Å². The van der Waals surface area contributed by atoms with E-state index in [9.17, 15) is 0 Å². The Morgan fingerprint density at radius 3 is 3.06 bits per heavy atom. The van der Waals surface area contributed by atoms with Crippen molar-refractivity contribution in [3.8, 4) is 0 Å². The topological polar surface area (TPSA) is 60.4 Å². The fourth-order valence-corrected chi connectivity index (χ4v) is 2.55. The van der Waals surface area contributed by atoms with E-state index in [4.69, 9.17) is 15.0 Å². The molecule has 0 aliphatic carbocycles. The Morgan fingerprint density at radius 1 is 1.44 bits per heavy atom. The van der Waals surface area contributed by atoms with Crippen LogP contribution in [0.1, 0.15) is 44.3 Å². The molecule has 3 N–H and O–H groups in total. The number of ether oxygens (including phenoxy) is 1. The second-order valence-corrected chi connectivity index (χ2v) is 5.05. The lowest BCUT2D eigenvalue weighted by Crippen LogP contribution is -2.35. The molecule has 2 atom stereocenters. The van der Waals surface area contributed by atoms with Gasteiger partial charge in [0.1, 0.15) is 5.76 Å². The van der Waals surface area contributed by atoms with Crippen molar-refractivity contribution in [2.24, 2.45) is 5.84 Å². The van der Waals surface area contributed by atoms with Gasteiger partial charge in [0.05, 0.1) is 12.4 Å². The predicted molar refractivity (Wildman–Crippen MR) is 71.0 cm³/mol. The number of nitrogens with two attached hydrogens (primary N) is 1. The maximum Gasteiger partial charge on any atom is 0.103 e. The summed E-state index contributed by atoms with van der Waals surface area (Å²) in [7, 11) is 0. The summed E-state index contributed by atoms with van der Waals surface area (Å²) in [5.74, 6) is 6.63. The summed E-state index contributed by atoms with van der Waals surface area (Å²) in [6, 6.07) is 4.31.